The number of benzene rings is 2. The number of methoxy groups -OCH3 is 2. The molecule has 184 valence electrons. The van der Waals surface area contributed by atoms with Gasteiger partial charge in [-0.2, -0.15) is 0 Å². The first-order valence-electron chi connectivity index (χ1n) is 12.4. The number of ether oxygens (including phenoxy) is 2. The van der Waals surface area contributed by atoms with Crippen LogP contribution in [-0.4, -0.2) is 67.0 Å². The van der Waals surface area contributed by atoms with Crippen molar-refractivity contribution in [1.29, 1.82) is 0 Å². The summed E-state index contributed by atoms with van der Waals surface area (Å²) in [6, 6.07) is 14.2. The van der Waals surface area contributed by atoms with Gasteiger partial charge in [0.15, 0.2) is 11.5 Å². The quantitative estimate of drug-likeness (QED) is 0.561. The van der Waals surface area contributed by atoms with Crippen molar-refractivity contribution in [1.82, 2.24) is 14.8 Å². The summed E-state index contributed by atoms with van der Waals surface area (Å²) in [5, 5.41) is 1.28. The van der Waals surface area contributed by atoms with Crippen LogP contribution in [0.5, 0.6) is 11.5 Å². The molecule has 1 atom stereocenters. The Bertz CT molecular complexity index is 1210. The molecule has 0 radical (unpaired) electrons. The number of rotatable bonds is 7. The summed E-state index contributed by atoms with van der Waals surface area (Å²) in [6.45, 7) is 2.60. The Kier molecular flexibility index (Phi) is 6.66. The number of likely N-dealkylation sites (tertiary alicyclic amines) is 2. The maximum absolute atomic E-state index is 13.2. The average Bonchev–Trinajstić information content (AvgIpc) is 3.50. The third kappa shape index (κ3) is 4.72. The molecule has 0 bridgehead atoms. The molecule has 0 saturated carbocycles. The molecule has 2 aromatic carbocycles. The first kappa shape index (κ1) is 23.3. The van der Waals surface area contributed by atoms with Gasteiger partial charge in [0.25, 0.3) is 0 Å². The SMILES string of the molecule is COc1ccc(CCN2CC(C(=O)N3CCC(c4c[nH]c5ccccc45)CC3)CC2=O)cc1OC. The zero-order chi connectivity index (χ0) is 24.4. The van der Waals surface area contributed by atoms with Gasteiger partial charge in [0.1, 0.15) is 0 Å². The fraction of sp³-hybridized carbons (Fsp3) is 0.429. The zero-order valence-corrected chi connectivity index (χ0v) is 20.5. The summed E-state index contributed by atoms with van der Waals surface area (Å²) in [5.74, 6) is 1.78. The minimum absolute atomic E-state index is 0.0671. The van der Waals surface area contributed by atoms with Crippen LogP contribution in [-0.2, 0) is 16.0 Å². The van der Waals surface area contributed by atoms with Gasteiger partial charge in [-0.05, 0) is 54.5 Å². The highest BCUT2D eigenvalue weighted by molar-refractivity contribution is 5.89. The molecule has 2 fully saturated rings. The van der Waals surface area contributed by atoms with E-state index in [1.165, 1.54) is 16.5 Å². The fourth-order valence-corrected chi connectivity index (χ4v) is 5.55. The van der Waals surface area contributed by atoms with Crippen molar-refractivity contribution in [3.8, 4) is 11.5 Å². The van der Waals surface area contributed by atoms with Crippen LogP contribution in [0.4, 0.5) is 0 Å². The van der Waals surface area contributed by atoms with Crippen molar-refractivity contribution < 1.29 is 19.1 Å². The van der Waals surface area contributed by atoms with E-state index >= 15 is 0 Å². The molecule has 35 heavy (non-hydrogen) atoms. The van der Waals surface area contributed by atoms with Gasteiger partial charge in [0.05, 0.1) is 20.1 Å². The maximum atomic E-state index is 13.2. The molecule has 2 aliphatic rings. The number of carbonyl (C=O) groups is 2. The molecular weight excluding hydrogens is 442 g/mol. The van der Waals surface area contributed by atoms with Crippen LogP contribution >= 0.6 is 0 Å². The van der Waals surface area contributed by atoms with Crippen LogP contribution in [0, 0.1) is 5.92 Å². The standard InChI is InChI=1S/C28H33N3O4/c1-34-25-8-7-19(15-26(25)35-2)9-12-31-18-21(16-27(31)32)28(33)30-13-10-20(11-14-30)23-17-29-24-6-4-3-5-22(23)24/h3-8,15,17,20-21,29H,9-14,16,18H2,1-2H3. The molecule has 2 amide bonds. The van der Waals surface area contributed by atoms with Crippen molar-refractivity contribution in [3.63, 3.8) is 0 Å². The number of nitrogens with zero attached hydrogens (tertiary/aromatic N) is 2. The van der Waals surface area contributed by atoms with Crippen molar-refractivity contribution in [2.45, 2.75) is 31.6 Å². The first-order chi connectivity index (χ1) is 17.1. The van der Waals surface area contributed by atoms with Gasteiger partial charge in [-0.3, -0.25) is 9.59 Å². The Morgan fingerprint density at radius 3 is 2.60 bits per heavy atom. The van der Waals surface area contributed by atoms with E-state index in [1.807, 2.05) is 34.1 Å². The van der Waals surface area contributed by atoms with Crippen LogP contribution in [0.1, 0.15) is 36.3 Å². The Morgan fingerprint density at radius 2 is 1.83 bits per heavy atom. The fourth-order valence-electron chi connectivity index (χ4n) is 5.55. The van der Waals surface area contributed by atoms with Crippen molar-refractivity contribution in [2.24, 2.45) is 5.92 Å². The smallest absolute Gasteiger partial charge is 0.227 e. The normalized spacial score (nSPS) is 18.9. The Morgan fingerprint density at radius 1 is 1.06 bits per heavy atom. The lowest BCUT2D eigenvalue weighted by molar-refractivity contribution is -0.136. The topological polar surface area (TPSA) is 74.9 Å². The predicted octanol–water partition coefficient (Wildman–Crippen LogP) is 3.98. The van der Waals surface area contributed by atoms with E-state index in [4.69, 9.17) is 9.47 Å². The molecule has 1 N–H and O–H groups in total. The number of para-hydroxylation sites is 1. The van der Waals surface area contributed by atoms with Crippen LogP contribution in [0.3, 0.4) is 0 Å². The summed E-state index contributed by atoms with van der Waals surface area (Å²) in [7, 11) is 3.23. The number of aromatic amines is 1. The Hall–Kier alpha value is -3.48. The predicted molar refractivity (Wildman–Crippen MR) is 135 cm³/mol. The number of H-pyrrole nitrogens is 1. The van der Waals surface area contributed by atoms with Gasteiger partial charge in [0.2, 0.25) is 11.8 Å². The second kappa shape index (κ2) is 10.0. The lowest BCUT2D eigenvalue weighted by atomic mass is 9.88. The van der Waals surface area contributed by atoms with Gasteiger partial charge in [0, 0.05) is 49.7 Å². The largest absolute Gasteiger partial charge is 0.493 e. The first-order valence-corrected chi connectivity index (χ1v) is 12.4. The van der Waals surface area contributed by atoms with E-state index in [1.54, 1.807) is 14.2 Å². The van der Waals surface area contributed by atoms with Crippen molar-refractivity contribution in [3.05, 3.63) is 59.8 Å². The molecule has 3 aromatic rings. The zero-order valence-electron chi connectivity index (χ0n) is 20.5. The molecule has 5 rings (SSSR count). The van der Waals surface area contributed by atoms with Crippen molar-refractivity contribution >= 4 is 22.7 Å². The van der Waals surface area contributed by atoms with E-state index in [9.17, 15) is 9.59 Å². The highest BCUT2D eigenvalue weighted by Gasteiger charge is 2.37. The second-order valence-electron chi connectivity index (χ2n) is 9.57. The summed E-state index contributed by atoms with van der Waals surface area (Å²) in [6.07, 6.45) is 5.06. The number of nitrogens with one attached hydrogen (secondary N) is 1. The van der Waals surface area contributed by atoms with Gasteiger partial charge in [-0.1, -0.05) is 24.3 Å². The lowest BCUT2D eigenvalue weighted by Gasteiger charge is -2.33. The molecule has 1 aromatic heterocycles. The molecule has 1 unspecified atom stereocenters. The molecule has 0 spiro atoms. The van der Waals surface area contributed by atoms with E-state index in [0.717, 1.165) is 31.5 Å². The lowest BCUT2D eigenvalue weighted by Crippen LogP contribution is -2.42. The van der Waals surface area contributed by atoms with Crippen molar-refractivity contribution in [2.75, 3.05) is 40.4 Å². The van der Waals surface area contributed by atoms with Gasteiger partial charge < -0.3 is 24.3 Å². The monoisotopic (exact) mass is 475 g/mol. The maximum Gasteiger partial charge on any atom is 0.227 e. The van der Waals surface area contributed by atoms with Gasteiger partial charge >= 0.3 is 0 Å². The molecule has 0 aliphatic carbocycles. The van der Waals surface area contributed by atoms with E-state index in [2.05, 4.69) is 29.4 Å². The molecule has 2 saturated heterocycles. The summed E-state index contributed by atoms with van der Waals surface area (Å²) < 4.78 is 10.7. The number of amides is 2. The van der Waals surface area contributed by atoms with Crippen LogP contribution in [0.25, 0.3) is 10.9 Å². The number of hydrogen-bond acceptors (Lipinski definition) is 4. The van der Waals surface area contributed by atoms with Gasteiger partial charge in [-0.15, -0.1) is 0 Å². The number of hydrogen-bond donors (Lipinski definition) is 1. The summed E-state index contributed by atoms with van der Waals surface area (Å²) >= 11 is 0. The third-order valence-corrected chi connectivity index (χ3v) is 7.55. The van der Waals surface area contributed by atoms with Crippen LogP contribution in [0.2, 0.25) is 0 Å². The average molecular weight is 476 g/mol. The number of piperidine rings is 1. The second-order valence-corrected chi connectivity index (χ2v) is 9.57. The van der Waals surface area contributed by atoms with E-state index in [0.29, 0.717) is 43.3 Å². The van der Waals surface area contributed by atoms with Gasteiger partial charge in [-0.25, -0.2) is 0 Å². The number of fused-ring (bicyclic) bond motifs is 1. The highest BCUT2D eigenvalue weighted by atomic mass is 16.5. The third-order valence-electron chi connectivity index (χ3n) is 7.55. The summed E-state index contributed by atoms with van der Waals surface area (Å²) in [4.78, 5) is 33.1. The summed E-state index contributed by atoms with van der Waals surface area (Å²) in [5.41, 5.74) is 3.59. The molecular formula is C28H33N3O4. The van der Waals surface area contributed by atoms with Crippen LogP contribution < -0.4 is 9.47 Å². The van der Waals surface area contributed by atoms with E-state index in [-0.39, 0.29) is 17.7 Å². The molecule has 2 aliphatic heterocycles. The minimum Gasteiger partial charge on any atom is -0.493 e. The number of carbonyl (C=O) groups excluding carboxylic acids is 2. The molecule has 7 nitrogen and oxygen atoms in total. The minimum atomic E-state index is -0.238. The van der Waals surface area contributed by atoms with Crippen LogP contribution in [0.15, 0.2) is 48.7 Å². The Balaban J connectivity index is 1.14. The van der Waals surface area contributed by atoms with E-state index < -0.39 is 0 Å². The molecule has 7 heteroatoms. The Labute approximate surface area is 206 Å². The molecule has 3 heterocycles. The highest BCUT2D eigenvalue weighted by Crippen LogP contribution is 2.34. The number of aromatic nitrogens is 1.